The molecule has 218 valence electrons. The van der Waals surface area contributed by atoms with Crippen LogP contribution in [0.15, 0.2) is 0 Å². The molecule has 0 amide bonds. The van der Waals surface area contributed by atoms with Gasteiger partial charge in [0.1, 0.15) is 0 Å². The van der Waals surface area contributed by atoms with Gasteiger partial charge in [-0.3, -0.25) is 9.45 Å². The molecule has 0 rings (SSSR count). The van der Waals surface area contributed by atoms with E-state index in [4.69, 9.17) is 0 Å². The van der Waals surface area contributed by atoms with Crippen molar-refractivity contribution < 1.29 is 13.0 Å². The lowest BCUT2D eigenvalue weighted by molar-refractivity contribution is 0.115. The molecule has 3 unspecified atom stereocenters. The Morgan fingerprint density at radius 2 is 0.917 bits per heavy atom. The molecule has 0 bridgehead atoms. The molecule has 3 atom stereocenters. The highest BCUT2D eigenvalue weighted by Gasteiger charge is 2.25. The molecule has 0 spiro atoms. The fourth-order valence-corrected chi connectivity index (χ4v) is 6.46. The summed E-state index contributed by atoms with van der Waals surface area (Å²) in [6.45, 7) is 12.0. The van der Waals surface area contributed by atoms with Gasteiger partial charge in [-0.25, -0.2) is 0 Å². The van der Waals surface area contributed by atoms with Gasteiger partial charge >= 0.3 is 0 Å². The first kappa shape index (κ1) is 35.9. The second-order valence-electron chi connectivity index (χ2n) is 11.7. The smallest absolute Gasteiger partial charge is 0.265 e. The van der Waals surface area contributed by atoms with Crippen molar-refractivity contribution in [1.82, 2.24) is 4.90 Å². The van der Waals surface area contributed by atoms with Gasteiger partial charge in [-0.15, -0.1) is 0 Å². The Hall–Kier alpha value is -0.130. The summed E-state index contributed by atoms with van der Waals surface area (Å²) >= 11 is 0. The molecule has 0 heterocycles. The van der Waals surface area contributed by atoms with E-state index in [0.29, 0.717) is 12.1 Å². The zero-order valence-corrected chi connectivity index (χ0v) is 25.9. The van der Waals surface area contributed by atoms with E-state index in [1.54, 1.807) is 0 Å². The molecule has 0 aromatic heterocycles. The number of rotatable bonds is 27. The van der Waals surface area contributed by atoms with E-state index in [9.17, 15) is 13.0 Å². The van der Waals surface area contributed by atoms with Crippen LogP contribution < -0.4 is 0 Å². The molecule has 0 saturated heterocycles. The van der Waals surface area contributed by atoms with Gasteiger partial charge in [-0.1, -0.05) is 143 Å². The van der Waals surface area contributed by atoms with Crippen LogP contribution in [0.3, 0.4) is 0 Å². The van der Waals surface area contributed by atoms with E-state index in [2.05, 4.69) is 32.6 Å². The van der Waals surface area contributed by atoms with Gasteiger partial charge in [0.2, 0.25) is 0 Å². The van der Waals surface area contributed by atoms with E-state index >= 15 is 0 Å². The minimum atomic E-state index is -3.93. The largest absolute Gasteiger partial charge is 0.298 e. The molecule has 0 aromatic carbocycles. The summed E-state index contributed by atoms with van der Waals surface area (Å²) in [6, 6.07) is 0.914. The van der Waals surface area contributed by atoms with Gasteiger partial charge < -0.3 is 0 Å². The summed E-state index contributed by atoms with van der Waals surface area (Å²) in [5.74, 6) is -0.119. The highest BCUT2D eigenvalue weighted by atomic mass is 32.2. The molecular weight excluding hydrogens is 466 g/mol. The van der Waals surface area contributed by atoms with Crippen LogP contribution in [0.25, 0.3) is 0 Å². The molecule has 0 saturated carbocycles. The first-order valence-electron chi connectivity index (χ1n) is 16.0. The Morgan fingerprint density at radius 1 is 0.583 bits per heavy atom. The lowest BCUT2D eigenvalue weighted by atomic mass is 9.98. The zero-order valence-electron chi connectivity index (χ0n) is 25.1. The van der Waals surface area contributed by atoms with Crippen LogP contribution in [-0.4, -0.2) is 42.3 Å². The van der Waals surface area contributed by atoms with Gasteiger partial charge in [0.05, 0.1) is 5.75 Å². The van der Waals surface area contributed by atoms with Crippen molar-refractivity contribution in [2.45, 2.75) is 182 Å². The molecule has 1 N–H and O–H groups in total. The first-order chi connectivity index (χ1) is 17.2. The van der Waals surface area contributed by atoms with Crippen LogP contribution in [0.4, 0.5) is 0 Å². The molecule has 4 nitrogen and oxygen atoms in total. The number of hydrogen-bond acceptors (Lipinski definition) is 3. The lowest BCUT2D eigenvalue weighted by Gasteiger charge is -2.37. The third-order valence-corrected chi connectivity index (χ3v) is 8.97. The molecule has 0 aliphatic heterocycles. The van der Waals surface area contributed by atoms with Crippen molar-refractivity contribution in [2.24, 2.45) is 5.92 Å². The van der Waals surface area contributed by atoms with Crippen molar-refractivity contribution in [3.63, 3.8) is 0 Å². The quantitative estimate of drug-likeness (QED) is 0.0846. The maximum atomic E-state index is 11.6. The number of unbranched alkanes of at least 4 members (excludes halogenated alkanes) is 16. The summed E-state index contributed by atoms with van der Waals surface area (Å²) < 4.78 is 32.6. The fraction of sp³-hybridized carbons (Fsp3) is 1.00. The third-order valence-electron chi connectivity index (χ3n) is 8.08. The van der Waals surface area contributed by atoms with Crippen LogP contribution in [0, 0.1) is 5.92 Å². The molecule has 0 fully saturated rings. The van der Waals surface area contributed by atoms with Crippen molar-refractivity contribution in [1.29, 1.82) is 0 Å². The number of hydrogen-bond donors (Lipinski definition) is 1. The number of nitrogens with zero attached hydrogens (tertiary/aromatic N) is 1. The van der Waals surface area contributed by atoms with Gasteiger partial charge in [-0.05, 0) is 32.6 Å². The first-order valence-corrected chi connectivity index (χ1v) is 17.6. The van der Waals surface area contributed by atoms with Crippen LogP contribution in [0.1, 0.15) is 169 Å². The fourth-order valence-electron chi connectivity index (χ4n) is 5.52. The Bertz CT molecular complexity index is 538. The normalized spacial score (nSPS) is 14.9. The Balaban J connectivity index is 4.53. The minimum absolute atomic E-state index is 0.00357. The second kappa shape index (κ2) is 23.9. The standard InChI is InChI=1S/C31H65NO3S/c1-6-9-11-13-15-17-19-21-23-25-29(4)32(27-31(8-3)28-36(33,34)35)30(5)26-24-22-20-18-16-14-12-10-7-2/h29-31H,6-28H2,1-5H3,(H,33,34,35). The maximum absolute atomic E-state index is 11.6. The Kier molecular flexibility index (Phi) is 23.9. The van der Waals surface area contributed by atoms with E-state index in [1.165, 1.54) is 128 Å². The SMILES string of the molecule is CCCCCCCCCCCC(C)N(CC(CC)CS(=O)(=O)O)C(C)CCCCCCCCCCC. The maximum Gasteiger partial charge on any atom is 0.265 e. The van der Waals surface area contributed by atoms with Gasteiger partial charge in [-0.2, -0.15) is 8.42 Å². The summed E-state index contributed by atoms with van der Waals surface area (Å²) in [4.78, 5) is 2.56. The lowest BCUT2D eigenvalue weighted by Crippen LogP contribution is -2.44. The Labute approximate surface area is 227 Å². The second-order valence-corrected chi connectivity index (χ2v) is 13.1. The molecule has 0 aromatic rings. The third kappa shape index (κ3) is 21.9. The van der Waals surface area contributed by atoms with Crippen molar-refractivity contribution in [3.05, 3.63) is 0 Å². The molecule has 5 heteroatoms. The van der Waals surface area contributed by atoms with Crippen LogP contribution >= 0.6 is 0 Å². The van der Waals surface area contributed by atoms with Crippen molar-refractivity contribution >= 4 is 10.1 Å². The predicted molar refractivity (Wildman–Crippen MR) is 160 cm³/mol. The highest BCUT2D eigenvalue weighted by Crippen LogP contribution is 2.22. The van der Waals surface area contributed by atoms with E-state index < -0.39 is 10.1 Å². The summed E-state index contributed by atoms with van der Waals surface area (Å²) in [7, 11) is -3.93. The summed E-state index contributed by atoms with van der Waals surface area (Å²) in [5, 5.41) is 0. The average molecular weight is 532 g/mol. The average Bonchev–Trinajstić information content (AvgIpc) is 2.83. The molecular formula is C31H65NO3S. The zero-order chi connectivity index (χ0) is 27.1. The minimum Gasteiger partial charge on any atom is -0.298 e. The van der Waals surface area contributed by atoms with Gasteiger partial charge in [0.15, 0.2) is 0 Å². The molecule has 36 heavy (non-hydrogen) atoms. The highest BCUT2D eigenvalue weighted by molar-refractivity contribution is 7.85. The molecule has 0 aliphatic carbocycles. The molecule has 0 radical (unpaired) electrons. The van der Waals surface area contributed by atoms with Crippen molar-refractivity contribution in [3.8, 4) is 0 Å². The van der Waals surface area contributed by atoms with Crippen LogP contribution in [0.2, 0.25) is 0 Å². The summed E-state index contributed by atoms with van der Waals surface area (Å²) in [5.41, 5.74) is 0. The molecule has 0 aliphatic rings. The van der Waals surface area contributed by atoms with E-state index in [0.717, 1.165) is 13.0 Å². The Morgan fingerprint density at radius 3 is 1.22 bits per heavy atom. The van der Waals surface area contributed by atoms with Gasteiger partial charge in [0, 0.05) is 18.6 Å². The monoisotopic (exact) mass is 531 g/mol. The predicted octanol–water partition coefficient (Wildman–Crippen LogP) is 9.82. The van der Waals surface area contributed by atoms with Crippen LogP contribution in [-0.2, 0) is 10.1 Å². The van der Waals surface area contributed by atoms with Crippen molar-refractivity contribution in [2.75, 3.05) is 12.3 Å². The van der Waals surface area contributed by atoms with Gasteiger partial charge in [0.25, 0.3) is 10.1 Å². The van der Waals surface area contributed by atoms with E-state index in [-0.39, 0.29) is 11.7 Å². The van der Waals surface area contributed by atoms with Crippen LogP contribution in [0.5, 0.6) is 0 Å². The topological polar surface area (TPSA) is 57.6 Å². The summed E-state index contributed by atoms with van der Waals surface area (Å²) in [6.07, 6.45) is 27.4. The van der Waals surface area contributed by atoms with E-state index in [1.807, 2.05) is 6.92 Å².